The first kappa shape index (κ1) is 9.59. The van der Waals surface area contributed by atoms with Gasteiger partial charge in [-0.1, -0.05) is 0 Å². The average Bonchev–Trinajstić information content (AvgIpc) is 2.69. The van der Waals surface area contributed by atoms with Crippen LogP contribution in [0.4, 0.5) is 5.82 Å². The maximum Gasteiger partial charge on any atom is 0.342 e. The second-order valence-electron chi connectivity index (χ2n) is 2.68. The van der Waals surface area contributed by atoms with Crippen molar-refractivity contribution in [2.45, 2.75) is 6.54 Å². The molecule has 7 nitrogen and oxygen atoms in total. The first-order chi connectivity index (χ1) is 7.25. The Hall–Kier alpha value is -1.96. The Morgan fingerprint density at radius 3 is 3.00 bits per heavy atom. The van der Waals surface area contributed by atoms with Crippen LogP contribution in [-0.4, -0.2) is 20.2 Å². The summed E-state index contributed by atoms with van der Waals surface area (Å²) in [6.45, 7) is 0.451. The average molecular weight is 225 g/mol. The third-order valence-corrected chi connectivity index (χ3v) is 2.40. The summed E-state index contributed by atoms with van der Waals surface area (Å²) in [4.78, 5) is 28.8. The number of nitrogens with zero attached hydrogens (tertiary/aromatic N) is 2. The molecule has 2 rings (SSSR count). The molecular formula is C7H7N5O2S. The Morgan fingerprint density at radius 1 is 1.47 bits per heavy atom. The van der Waals surface area contributed by atoms with Crippen molar-refractivity contribution in [2.24, 2.45) is 0 Å². The molecule has 0 aliphatic carbocycles. The molecule has 0 unspecified atom stereocenters. The van der Waals surface area contributed by atoms with Crippen molar-refractivity contribution >= 4 is 17.2 Å². The fourth-order valence-electron chi connectivity index (χ4n) is 0.968. The second kappa shape index (κ2) is 4.05. The van der Waals surface area contributed by atoms with Crippen LogP contribution in [0, 0.1) is 0 Å². The Labute approximate surface area is 87.2 Å². The SMILES string of the molecule is O=c1[nH]nc(NCc2cncs2)c(=O)[nH]1. The van der Waals surface area contributed by atoms with Gasteiger partial charge in [0.1, 0.15) is 0 Å². The van der Waals surface area contributed by atoms with Crippen molar-refractivity contribution in [3.05, 3.63) is 37.4 Å². The van der Waals surface area contributed by atoms with Crippen LogP contribution in [0.25, 0.3) is 0 Å². The van der Waals surface area contributed by atoms with Gasteiger partial charge in [0.2, 0.25) is 5.82 Å². The van der Waals surface area contributed by atoms with Crippen LogP contribution >= 0.6 is 11.3 Å². The summed E-state index contributed by atoms with van der Waals surface area (Å²) in [6, 6.07) is 0. The molecule has 8 heteroatoms. The molecule has 15 heavy (non-hydrogen) atoms. The zero-order valence-electron chi connectivity index (χ0n) is 7.48. The topological polar surface area (TPSA) is 104 Å². The van der Waals surface area contributed by atoms with E-state index in [1.807, 2.05) is 0 Å². The van der Waals surface area contributed by atoms with Crippen molar-refractivity contribution in [3.8, 4) is 0 Å². The zero-order chi connectivity index (χ0) is 10.7. The number of H-pyrrole nitrogens is 2. The second-order valence-corrected chi connectivity index (χ2v) is 3.65. The number of thiazole rings is 1. The quantitative estimate of drug-likeness (QED) is 0.655. The number of anilines is 1. The lowest BCUT2D eigenvalue weighted by atomic mass is 10.5. The number of nitrogens with one attached hydrogen (secondary N) is 3. The summed E-state index contributed by atoms with van der Waals surface area (Å²) in [5.41, 5.74) is 0.535. The van der Waals surface area contributed by atoms with Crippen LogP contribution in [-0.2, 0) is 6.54 Å². The highest BCUT2D eigenvalue weighted by atomic mass is 32.1. The number of hydrogen-bond acceptors (Lipinski definition) is 6. The molecular weight excluding hydrogens is 218 g/mol. The summed E-state index contributed by atoms with van der Waals surface area (Å²) < 4.78 is 0. The van der Waals surface area contributed by atoms with E-state index in [9.17, 15) is 9.59 Å². The molecule has 0 bridgehead atoms. The Bertz CT molecular complexity index is 543. The lowest BCUT2D eigenvalue weighted by Gasteiger charge is -1.99. The van der Waals surface area contributed by atoms with E-state index in [1.165, 1.54) is 11.3 Å². The predicted molar refractivity (Wildman–Crippen MR) is 54.9 cm³/mol. The number of aromatic amines is 2. The molecule has 0 aromatic carbocycles. The molecule has 0 fully saturated rings. The lowest BCUT2D eigenvalue weighted by Crippen LogP contribution is -2.26. The van der Waals surface area contributed by atoms with E-state index < -0.39 is 11.2 Å². The fraction of sp³-hybridized carbons (Fsp3) is 0.143. The molecule has 0 radical (unpaired) electrons. The smallest absolute Gasteiger partial charge is 0.342 e. The van der Waals surface area contributed by atoms with E-state index in [0.29, 0.717) is 6.54 Å². The highest BCUT2D eigenvalue weighted by molar-refractivity contribution is 7.09. The van der Waals surface area contributed by atoms with Gasteiger partial charge >= 0.3 is 5.69 Å². The number of rotatable bonds is 3. The van der Waals surface area contributed by atoms with Gasteiger partial charge in [-0.3, -0.25) is 14.8 Å². The van der Waals surface area contributed by atoms with E-state index >= 15 is 0 Å². The van der Waals surface area contributed by atoms with Crippen LogP contribution in [0.3, 0.4) is 0 Å². The van der Waals surface area contributed by atoms with Gasteiger partial charge in [-0.15, -0.1) is 16.4 Å². The maximum atomic E-state index is 11.2. The van der Waals surface area contributed by atoms with Gasteiger partial charge in [0.15, 0.2) is 0 Å². The lowest BCUT2D eigenvalue weighted by molar-refractivity contribution is 0.884. The van der Waals surface area contributed by atoms with Crippen molar-refractivity contribution in [1.82, 2.24) is 20.2 Å². The van der Waals surface area contributed by atoms with Gasteiger partial charge in [-0.05, 0) is 0 Å². The molecule has 0 atom stereocenters. The number of hydrogen-bond donors (Lipinski definition) is 3. The fourth-order valence-corrected chi connectivity index (χ4v) is 1.50. The first-order valence-corrected chi connectivity index (χ1v) is 4.94. The van der Waals surface area contributed by atoms with Crippen molar-refractivity contribution < 1.29 is 0 Å². The monoisotopic (exact) mass is 225 g/mol. The van der Waals surface area contributed by atoms with E-state index in [-0.39, 0.29) is 5.82 Å². The van der Waals surface area contributed by atoms with Crippen molar-refractivity contribution in [3.63, 3.8) is 0 Å². The first-order valence-electron chi connectivity index (χ1n) is 4.06. The minimum atomic E-state index is -0.622. The molecule has 2 aromatic heterocycles. The summed E-state index contributed by atoms with van der Waals surface area (Å²) >= 11 is 1.47. The minimum Gasteiger partial charge on any atom is -0.359 e. The number of aromatic nitrogens is 4. The normalized spacial score (nSPS) is 10.1. The van der Waals surface area contributed by atoms with Crippen LogP contribution in [0.2, 0.25) is 0 Å². The molecule has 0 saturated carbocycles. The molecule has 78 valence electrons. The molecule has 2 heterocycles. The molecule has 0 aliphatic rings. The largest absolute Gasteiger partial charge is 0.359 e. The predicted octanol–water partition coefficient (Wildman–Crippen LogP) is -0.473. The molecule has 2 aromatic rings. The summed E-state index contributed by atoms with van der Waals surface area (Å²) in [7, 11) is 0. The van der Waals surface area contributed by atoms with Crippen LogP contribution < -0.4 is 16.6 Å². The van der Waals surface area contributed by atoms with E-state index in [1.54, 1.807) is 11.7 Å². The van der Waals surface area contributed by atoms with Crippen LogP contribution in [0.15, 0.2) is 21.3 Å². The van der Waals surface area contributed by atoms with Gasteiger partial charge in [0.25, 0.3) is 5.56 Å². The van der Waals surface area contributed by atoms with E-state index in [4.69, 9.17) is 0 Å². The standard InChI is InChI=1S/C7H7N5O2S/c13-6-5(11-12-7(14)10-6)9-2-4-1-8-3-15-4/h1,3H,2H2,(H,9,11)(H2,10,12,13,14). The molecule has 0 saturated heterocycles. The minimum absolute atomic E-state index is 0.0861. The molecule has 0 amide bonds. The summed E-state index contributed by atoms with van der Waals surface area (Å²) in [6.07, 6.45) is 1.69. The van der Waals surface area contributed by atoms with Crippen molar-refractivity contribution in [1.29, 1.82) is 0 Å². The highest BCUT2D eigenvalue weighted by Gasteiger charge is 2.01. The Morgan fingerprint density at radius 2 is 2.33 bits per heavy atom. The van der Waals surface area contributed by atoms with E-state index in [0.717, 1.165) is 4.88 Å². The maximum absolute atomic E-state index is 11.2. The Kier molecular flexibility index (Phi) is 2.59. The van der Waals surface area contributed by atoms with Gasteiger partial charge < -0.3 is 5.32 Å². The van der Waals surface area contributed by atoms with Crippen LogP contribution in [0.1, 0.15) is 4.88 Å². The third kappa shape index (κ3) is 2.29. The zero-order valence-corrected chi connectivity index (χ0v) is 8.30. The summed E-state index contributed by atoms with van der Waals surface area (Å²) in [5.74, 6) is 0.0861. The summed E-state index contributed by atoms with van der Waals surface area (Å²) in [5, 5.41) is 8.49. The van der Waals surface area contributed by atoms with Crippen molar-refractivity contribution in [2.75, 3.05) is 5.32 Å². The molecule has 3 N–H and O–H groups in total. The molecule has 0 spiro atoms. The van der Waals surface area contributed by atoms with Gasteiger partial charge in [0.05, 0.1) is 12.1 Å². The van der Waals surface area contributed by atoms with Crippen LogP contribution in [0.5, 0.6) is 0 Å². The van der Waals surface area contributed by atoms with Gasteiger partial charge in [-0.2, -0.15) is 0 Å². The Balaban J connectivity index is 2.12. The van der Waals surface area contributed by atoms with Gasteiger partial charge in [0, 0.05) is 11.1 Å². The molecule has 0 aliphatic heterocycles. The highest BCUT2D eigenvalue weighted by Crippen LogP contribution is 2.06. The van der Waals surface area contributed by atoms with E-state index in [2.05, 4.69) is 25.5 Å². The third-order valence-electron chi connectivity index (χ3n) is 1.62. The van der Waals surface area contributed by atoms with Gasteiger partial charge in [-0.25, -0.2) is 9.89 Å².